The standard InChI is InChI=1S/C15H20O2/c16-15(11-14-9-10-17-12-14)8-4-7-13-5-2-1-3-6-13/h1-3,5-6,14H,4,7-12H2. The summed E-state index contributed by atoms with van der Waals surface area (Å²) in [5.41, 5.74) is 1.32. The van der Waals surface area contributed by atoms with Crippen LogP contribution in [-0.4, -0.2) is 19.0 Å². The molecule has 1 heterocycles. The minimum absolute atomic E-state index is 0.399. The lowest BCUT2D eigenvalue weighted by molar-refractivity contribution is -0.120. The third-order valence-corrected chi connectivity index (χ3v) is 3.30. The molecule has 0 amide bonds. The van der Waals surface area contributed by atoms with Crippen molar-refractivity contribution in [2.24, 2.45) is 5.92 Å². The van der Waals surface area contributed by atoms with Gasteiger partial charge in [0.15, 0.2) is 0 Å². The Hall–Kier alpha value is -1.15. The summed E-state index contributed by atoms with van der Waals surface area (Å²) < 4.78 is 5.28. The molecule has 0 aromatic heterocycles. The number of hydrogen-bond acceptors (Lipinski definition) is 2. The van der Waals surface area contributed by atoms with Crippen LogP contribution in [0.5, 0.6) is 0 Å². The van der Waals surface area contributed by atoms with E-state index in [0.29, 0.717) is 18.1 Å². The molecule has 0 bridgehead atoms. The predicted molar refractivity (Wildman–Crippen MR) is 67.9 cm³/mol. The fourth-order valence-corrected chi connectivity index (χ4v) is 2.30. The third kappa shape index (κ3) is 4.31. The number of Topliss-reactive ketones (excluding diaryl/α,β-unsaturated/α-hetero) is 1. The second kappa shape index (κ2) is 6.55. The largest absolute Gasteiger partial charge is 0.381 e. The fraction of sp³-hybridized carbons (Fsp3) is 0.533. The predicted octanol–water partition coefficient (Wildman–Crippen LogP) is 3.01. The summed E-state index contributed by atoms with van der Waals surface area (Å²) in [5, 5.41) is 0. The number of carbonyl (C=O) groups excluding carboxylic acids is 1. The first-order valence-corrected chi connectivity index (χ1v) is 6.48. The van der Waals surface area contributed by atoms with Gasteiger partial charge in [-0.2, -0.15) is 0 Å². The van der Waals surface area contributed by atoms with Crippen molar-refractivity contribution in [3.05, 3.63) is 35.9 Å². The molecular weight excluding hydrogens is 212 g/mol. The zero-order chi connectivity index (χ0) is 11.9. The van der Waals surface area contributed by atoms with Crippen LogP contribution in [0.2, 0.25) is 0 Å². The van der Waals surface area contributed by atoms with Gasteiger partial charge >= 0.3 is 0 Å². The highest BCUT2D eigenvalue weighted by atomic mass is 16.5. The molecule has 1 aliphatic heterocycles. The Balaban J connectivity index is 1.63. The van der Waals surface area contributed by atoms with E-state index in [2.05, 4.69) is 12.1 Å². The summed E-state index contributed by atoms with van der Waals surface area (Å²) in [6, 6.07) is 10.4. The normalized spacial score (nSPS) is 19.4. The van der Waals surface area contributed by atoms with E-state index in [1.54, 1.807) is 0 Å². The molecule has 1 fully saturated rings. The Bertz CT molecular complexity index is 339. The first kappa shape index (κ1) is 12.3. The first-order valence-electron chi connectivity index (χ1n) is 6.48. The summed E-state index contributed by atoms with van der Waals surface area (Å²) in [6.07, 6.45) is 4.47. The van der Waals surface area contributed by atoms with Crippen LogP contribution in [0.1, 0.15) is 31.2 Å². The maximum absolute atomic E-state index is 11.7. The van der Waals surface area contributed by atoms with Crippen molar-refractivity contribution in [2.45, 2.75) is 32.1 Å². The zero-order valence-corrected chi connectivity index (χ0v) is 10.2. The first-order chi connectivity index (χ1) is 8.34. The van der Waals surface area contributed by atoms with Gasteiger partial charge < -0.3 is 4.74 Å². The van der Waals surface area contributed by atoms with Crippen LogP contribution in [0.3, 0.4) is 0 Å². The summed E-state index contributed by atoms with van der Waals surface area (Å²) in [6.45, 7) is 1.62. The Labute approximate surface area is 103 Å². The van der Waals surface area contributed by atoms with Crippen LogP contribution in [0, 0.1) is 5.92 Å². The van der Waals surface area contributed by atoms with E-state index in [0.717, 1.165) is 38.9 Å². The van der Waals surface area contributed by atoms with Crippen molar-refractivity contribution in [1.29, 1.82) is 0 Å². The van der Waals surface area contributed by atoms with Crippen molar-refractivity contribution >= 4 is 5.78 Å². The highest BCUT2D eigenvalue weighted by Crippen LogP contribution is 2.18. The van der Waals surface area contributed by atoms with Crippen LogP contribution in [0.25, 0.3) is 0 Å². The van der Waals surface area contributed by atoms with E-state index in [1.807, 2.05) is 18.2 Å². The molecule has 2 nitrogen and oxygen atoms in total. The minimum Gasteiger partial charge on any atom is -0.381 e. The molecule has 2 rings (SSSR count). The Morgan fingerprint density at radius 1 is 1.29 bits per heavy atom. The number of ether oxygens (including phenoxy) is 1. The molecule has 1 aliphatic rings. The monoisotopic (exact) mass is 232 g/mol. The zero-order valence-electron chi connectivity index (χ0n) is 10.2. The van der Waals surface area contributed by atoms with Crippen molar-refractivity contribution in [3.63, 3.8) is 0 Å². The van der Waals surface area contributed by atoms with Crippen LogP contribution in [0.15, 0.2) is 30.3 Å². The number of rotatable bonds is 6. The van der Waals surface area contributed by atoms with Crippen molar-refractivity contribution in [2.75, 3.05) is 13.2 Å². The lowest BCUT2D eigenvalue weighted by Crippen LogP contribution is -2.08. The van der Waals surface area contributed by atoms with E-state index in [4.69, 9.17) is 4.74 Å². The van der Waals surface area contributed by atoms with Crippen molar-refractivity contribution in [3.8, 4) is 0 Å². The molecule has 0 N–H and O–H groups in total. The molecule has 0 spiro atoms. The molecule has 0 aliphatic carbocycles. The van der Waals surface area contributed by atoms with Gasteiger partial charge in [0, 0.05) is 26.1 Å². The van der Waals surface area contributed by atoms with Crippen molar-refractivity contribution < 1.29 is 9.53 Å². The molecule has 2 heteroatoms. The highest BCUT2D eigenvalue weighted by molar-refractivity contribution is 5.78. The van der Waals surface area contributed by atoms with E-state index < -0.39 is 0 Å². The molecular formula is C15H20O2. The summed E-state index contributed by atoms with van der Waals surface area (Å²) in [4.78, 5) is 11.7. The van der Waals surface area contributed by atoms with E-state index in [1.165, 1.54) is 5.56 Å². The summed E-state index contributed by atoms with van der Waals surface area (Å²) in [7, 11) is 0. The van der Waals surface area contributed by atoms with Gasteiger partial charge in [-0.25, -0.2) is 0 Å². The number of ketones is 1. The van der Waals surface area contributed by atoms with E-state index in [-0.39, 0.29) is 0 Å². The fourth-order valence-electron chi connectivity index (χ4n) is 2.30. The van der Waals surface area contributed by atoms with Gasteiger partial charge in [-0.15, -0.1) is 0 Å². The van der Waals surface area contributed by atoms with E-state index >= 15 is 0 Å². The average Bonchev–Trinajstić information content (AvgIpc) is 2.83. The van der Waals surface area contributed by atoms with Gasteiger partial charge in [-0.3, -0.25) is 4.79 Å². The second-order valence-electron chi connectivity index (χ2n) is 4.81. The van der Waals surface area contributed by atoms with Gasteiger partial charge in [-0.1, -0.05) is 30.3 Å². The molecule has 1 saturated heterocycles. The van der Waals surface area contributed by atoms with E-state index in [9.17, 15) is 4.79 Å². The Morgan fingerprint density at radius 3 is 2.82 bits per heavy atom. The van der Waals surface area contributed by atoms with Crippen LogP contribution in [0.4, 0.5) is 0 Å². The lowest BCUT2D eigenvalue weighted by Gasteiger charge is -2.06. The maximum atomic E-state index is 11.7. The number of benzene rings is 1. The average molecular weight is 232 g/mol. The van der Waals surface area contributed by atoms with Gasteiger partial charge in [0.05, 0.1) is 0 Å². The van der Waals surface area contributed by atoms with Gasteiger partial charge in [-0.05, 0) is 30.7 Å². The molecule has 1 atom stereocenters. The number of hydrogen-bond donors (Lipinski definition) is 0. The Kier molecular flexibility index (Phi) is 4.75. The lowest BCUT2D eigenvalue weighted by atomic mass is 9.98. The third-order valence-electron chi connectivity index (χ3n) is 3.30. The maximum Gasteiger partial charge on any atom is 0.133 e. The molecule has 17 heavy (non-hydrogen) atoms. The minimum atomic E-state index is 0.399. The van der Waals surface area contributed by atoms with Crippen LogP contribution in [-0.2, 0) is 16.0 Å². The molecule has 1 aromatic rings. The number of carbonyl (C=O) groups is 1. The number of aryl methyl sites for hydroxylation is 1. The summed E-state index contributed by atoms with van der Waals surface area (Å²) in [5.74, 6) is 0.885. The molecule has 0 saturated carbocycles. The van der Waals surface area contributed by atoms with Crippen LogP contribution >= 0.6 is 0 Å². The smallest absolute Gasteiger partial charge is 0.133 e. The second-order valence-corrected chi connectivity index (χ2v) is 4.81. The summed E-state index contributed by atoms with van der Waals surface area (Å²) >= 11 is 0. The van der Waals surface area contributed by atoms with Gasteiger partial charge in [0.25, 0.3) is 0 Å². The Morgan fingerprint density at radius 2 is 2.12 bits per heavy atom. The van der Waals surface area contributed by atoms with Gasteiger partial charge in [0.2, 0.25) is 0 Å². The molecule has 1 unspecified atom stereocenters. The van der Waals surface area contributed by atoms with Crippen molar-refractivity contribution in [1.82, 2.24) is 0 Å². The van der Waals surface area contributed by atoms with Gasteiger partial charge in [0.1, 0.15) is 5.78 Å². The molecule has 92 valence electrons. The SMILES string of the molecule is O=C(CCCc1ccccc1)CC1CCOC1. The van der Waals surface area contributed by atoms with Crippen LogP contribution < -0.4 is 0 Å². The molecule has 1 aromatic carbocycles. The quantitative estimate of drug-likeness (QED) is 0.753. The highest BCUT2D eigenvalue weighted by Gasteiger charge is 2.18. The topological polar surface area (TPSA) is 26.3 Å². The molecule has 0 radical (unpaired) electrons.